The van der Waals surface area contributed by atoms with Crippen molar-refractivity contribution in [1.29, 1.82) is 0 Å². The summed E-state index contributed by atoms with van der Waals surface area (Å²) in [6.07, 6.45) is 4.24. The third-order valence-electron chi connectivity index (χ3n) is 6.03. The van der Waals surface area contributed by atoms with Gasteiger partial charge in [-0.15, -0.1) is 0 Å². The Morgan fingerprint density at radius 3 is 2.33 bits per heavy atom. The number of aryl methyl sites for hydroxylation is 2. The quantitative estimate of drug-likeness (QED) is 0.230. The van der Waals surface area contributed by atoms with Gasteiger partial charge in [-0.3, -0.25) is 9.82 Å². The lowest BCUT2D eigenvalue weighted by Crippen LogP contribution is -2.16. The van der Waals surface area contributed by atoms with E-state index in [2.05, 4.69) is 30.4 Å². The standard InChI is InChI=1S/C25H27N7O6S/c1-6-15-9-23(29-28-15)27-17-11-19-16(10-20(17)35-3)25(30-38-19)31-39(33,34)24-21(36-4)7-14(8-22(24)37-5)18-12-32(2)13-26-18/h7-13H,6H2,1-5H3,(H,30,31)(H2,27,28,29). The molecule has 204 valence electrons. The first-order chi connectivity index (χ1) is 18.8. The predicted octanol–water partition coefficient (Wildman–Crippen LogP) is 4.08. The van der Waals surface area contributed by atoms with Crippen molar-refractivity contribution in [3.05, 3.63) is 48.5 Å². The van der Waals surface area contributed by atoms with Crippen molar-refractivity contribution in [2.45, 2.75) is 18.2 Å². The van der Waals surface area contributed by atoms with Crippen LogP contribution in [0.15, 0.2) is 52.3 Å². The molecule has 0 spiro atoms. The minimum atomic E-state index is -4.25. The second-order valence-corrected chi connectivity index (χ2v) is 10.2. The molecule has 0 amide bonds. The molecular formula is C25H27N7O6S. The number of anilines is 3. The zero-order valence-corrected chi connectivity index (χ0v) is 22.7. The summed E-state index contributed by atoms with van der Waals surface area (Å²) in [4.78, 5) is 4.13. The number of H-pyrrole nitrogens is 1. The van der Waals surface area contributed by atoms with Crippen molar-refractivity contribution in [3.8, 4) is 28.5 Å². The van der Waals surface area contributed by atoms with E-state index in [0.717, 1.165) is 12.1 Å². The van der Waals surface area contributed by atoms with Crippen LogP contribution in [0.3, 0.4) is 0 Å². The van der Waals surface area contributed by atoms with Gasteiger partial charge in [0.1, 0.15) is 17.2 Å². The van der Waals surface area contributed by atoms with Crippen LogP contribution in [0.5, 0.6) is 17.2 Å². The molecule has 0 unspecified atom stereocenters. The van der Waals surface area contributed by atoms with Crippen LogP contribution in [-0.2, 0) is 23.5 Å². The van der Waals surface area contributed by atoms with Gasteiger partial charge in [0.2, 0.25) is 0 Å². The van der Waals surface area contributed by atoms with E-state index in [1.807, 2.05) is 20.0 Å². The normalized spacial score (nSPS) is 11.5. The summed E-state index contributed by atoms with van der Waals surface area (Å²) in [7, 11) is 1.85. The van der Waals surface area contributed by atoms with Crippen LogP contribution >= 0.6 is 0 Å². The number of nitrogens with one attached hydrogen (secondary N) is 3. The SMILES string of the molecule is CCc1cc(Nc2cc3onc(NS(=O)(=O)c4c(OC)cc(-c5cn(C)cn5)cc4OC)c3cc2OC)n[nH]1. The Balaban J connectivity index is 1.51. The van der Waals surface area contributed by atoms with Crippen LogP contribution < -0.4 is 24.2 Å². The molecule has 5 aromatic rings. The average Bonchev–Trinajstić information content (AvgIpc) is 3.67. The van der Waals surface area contributed by atoms with Crippen molar-refractivity contribution in [2.75, 3.05) is 31.4 Å². The summed E-state index contributed by atoms with van der Waals surface area (Å²) < 4.78 is 53.4. The number of aromatic nitrogens is 5. The van der Waals surface area contributed by atoms with Gasteiger partial charge < -0.3 is 28.6 Å². The molecule has 3 heterocycles. The zero-order chi connectivity index (χ0) is 27.7. The average molecular weight is 554 g/mol. The van der Waals surface area contributed by atoms with Gasteiger partial charge in [0.05, 0.1) is 44.4 Å². The summed E-state index contributed by atoms with van der Waals surface area (Å²) >= 11 is 0. The molecular weight excluding hydrogens is 526 g/mol. The summed E-state index contributed by atoms with van der Waals surface area (Å²) in [5.74, 6) is 1.15. The Morgan fingerprint density at radius 2 is 1.74 bits per heavy atom. The van der Waals surface area contributed by atoms with E-state index in [-0.39, 0.29) is 22.2 Å². The van der Waals surface area contributed by atoms with Crippen LogP contribution in [0.4, 0.5) is 17.3 Å². The molecule has 0 radical (unpaired) electrons. The van der Waals surface area contributed by atoms with E-state index in [1.54, 1.807) is 41.4 Å². The number of imidazole rings is 1. The van der Waals surface area contributed by atoms with Gasteiger partial charge in [-0.25, -0.2) is 13.4 Å². The number of nitrogens with zero attached hydrogens (tertiary/aromatic N) is 4. The monoisotopic (exact) mass is 553 g/mol. The second kappa shape index (κ2) is 10.2. The lowest BCUT2D eigenvalue weighted by Gasteiger charge is -2.15. The van der Waals surface area contributed by atoms with Crippen LogP contribution in [0.1, 0.15) is 12.6 Å². The number of methoxy groups -OCH3 is 3. The van der Waals surface area contributed by atoms with E-state index >= 15 is 0 Å². The zero-order valence-electron chi connectivity index (χ0n) is 21.9. The molecule has 13 nitrogen and oxygen atoms in total. The first kappa shape index (κ1) is 25.9. The van der Waals surface area contributed by atoms with Gasteiger partial charge in [-0.1, -0.05) is 12.1 Å². The fraction of sp³-hybridized carbons (Fsp3) is 0.240. The van der Waals surface area contributed by atoms with Gasteiger partial charge in [0.25, 0.3) is 10.0 Å². The van der Waals surface area contributed by atoms with Gasteiger partial charge in [-0.05, 0) is 24.6 Å². The molecule has 14 heteroatoms. The van der Waals surface area contributed by atoms with Gasteiger partial charge in [-0.2, -0.15) is 5.10 Å². The van der Waals surface area contributed by atoms with E-state index in [1.165, 1.54) is 21.3 Å². The maximum atomic E-state index is 13.6. The summed E-state index contributed by atoms with van der Waals surface area (Å²) in [5.41, 5.74) is 3.12. The van der Waals surface area contributed by atoms with Crippen LogP contribution in [-0.4, -0.2) is 54.7 Å². The number of sulfonamides is 1. The first-order valence-corrected chi connectivity index (χ1v) is 13.3. The highest BCUT2D eigenvalue weighted by Gasteiger charge is 2.29. The lowest BCUT2D eigenvalue weighted by atomic mass is 10.1. The second-order valence-electron chi connectivity index (χ2n) is 8.58. The molecule has 0 aliphatic heterocycles. The van der Waals surface area contributed by atoms with Crippen molar-refractivity contribution in [3.63, 3.8) is 0 Å². The number of rotatable bonds is 10. The van der Waals surface area contributed by atoms with Gasteiger partial charge >= 0.3 is 0 Å². The highest BCUT2D eigenvalue weighted by Crippen LogP contribution is 2.40. The Kier molecular flexibility index (Phi) is 6.78. The van der Waals surface area contributed by atoms with E-state index in [4.69, 9.17) is 18.7 Å². The maximum absolute atomic E-state index is 13.6. The van der Waals surface area contributed by atoms with Crippen LogP contribution in [0.2, 0.25) is 0 Å². The number of aromatic amines is 1. The molecule has 0 fully saturated rings. The molecule has 0 saturated carbocycles. The highest BCUT2D eigenvalue weighted by molar-refractivity contribution is 7.93. The molecule has 5 rings (SSSR count). The summed E-state index contributed by atoms with van der Waals surface area (Å²) in [6.45, 7) is 2.01. The lowest BCUT2D eigenvalue weighted by molar-refractivity contribution is 0.374. The van der Waals surface area contributed by atoms with Gasteiger partial charge in [0.15, 0.2) is 22.1 Å². The molecule has 0 aliphatic rings. The number of fused-ring (bicyclic) bond motifs is 1. The minimum Gasteiger partial charge on any atom is -0.495 e. The molecule has 0 saturated heterocycles. The molecule has 0 atom stereocenters. The largest absolute Gasteiger partial charge is 0.495 e. The fourth-order valence-electron chi connectivity index (χ4n) is 4.08. The third kappa shape index (κ3) is 4.93. The molecule has 3 N–H and O–H groups in total. The summed E-state index contributed by atoms with van der Waals surface area (Å²) in [5, 5.41) is 14.7. The van der Waals surface area contributed by atoms with Crippen molar-refractivity contribution in [1.82, 2.24) is 24.9 Å². The third-order valence-corrected chi connectivity index (χ3v) is 7.43. The highest BCUT2D eigenvalue weighted by atomic mass is 32.2. The van der Waals surface area contributed by atoms with E-state index in [9.17, 15) is 8.42 Å². The number of hydrogen-bond acceptors (Lipinski definition) is 10. The summed E-state index contributed by atoms with van der Waals surface area (Å²) in [6, 6.07) is 8.32. The first-order valence-electron chi connectivity index (χ1n) is 11.8. The topological polar surface area (TPSA) is 158 Å². The Morgan fingerprint density at radius 1 is 1.03 bits per heavy atom. The maximum Gasteiger partial charge on any atom is 0.270 e. The minimum absolute atomic E-state index is 0.0270. The van der Waals surface area contributed by atoms with Crippen LogP contribution in [0, 0.1) is 0 Å². The smallest absolute Gasteiger partial charge is 0.270 e. The molecule has 3 aromatic heterocycles. The Hall–Kier alpha value is -4.72. The fourth-order valence-corrected chi connectivity index (χ4v) is 5.40. The van der Waals surface area contributed by atoms with Crippen molar-refractivity contribution < 1.29 is 27.2 Å². The van der Waals surface area contributed by atoms with Gasteiger partial charge in [0, 0.05) is 36.6 Å². The van der Waals surface area contributed by atoms with Crippen molar-refractivity contribution >= 4 is 38.3 Å². The Bertz CT molecular complexity index is 1730. The number of benzene rings is 2. The molecule has 0 aliphatic carbocycles. The Labute approximate surface area is 224 Å². The predicted molar refractivity (Wildman–Crippen MR) is 144 cm³/mol. The van der Waals surface area contributed by atoms with E-state index in [0.29, 0.717) is 39.5 Å². The molecule has 39 heavy (non-hydrogen) atoms. The number of ether oxygens (including phenoxy) is 3. The number of hydrogen-bond donors (Lipinski definition) is 3. The van der Waals surface area contributed by atoms with Crippen molar-refractivity contribution in [2.24, 2.45) is 7.05 Å². The molecule has 2 aromatic carbocycles. The molecule has 0 bridgehead atoms. The van der Waals surface area contributed by atoms with Crippen LogP contribution in [0.25, 0.3) is 22.2 Å². The van der Waals surface area contributed by atoms with E-state index < -0.39 is 10.0 Å².